The van der Waals surface area contributed by atoms with Crippen LogP contribution in [-0.2, 0) is 0 Å². The molecule has 1 aromatic rings. The molecule has 1 atom stereocenters. The van der Waals surface area contributed by atoms with Gasteiger partial charge in [-0.3, -0.25) is 0 Å². The fourth-order valence-electron chi connectivity index (χ4n) is 1.67. The minimum absolute atomic E-state index is 0.192. The summed E-state index contributed by atoms with van der Waals surface area (Å²) in [5.41, 5.74) is 1.32. The predicted molar refractivity (Wildman–Crippen MR) is 71.8 cm³/mol. The second-order valence-corrected chi connectivity index (χ2v) is 4.87. The van der Waals surface area contributed by atoms with Gasteiger partial charge in [-0.05, 0) is 38.9 Å². The minimum Gasteiger partial charge on any atom is -0.307 e. The lowest BCUT2D eigenvalue weighted by molar-refractivity contribution is 0.541. The van der Waals surface area contributed by atoms with Gasteiger partial charge in [0.2, 0.25) is 0 Å². The fraction of sp³-hybridized carbons (Fsp3) is 0.429. The number of benzene rings is 1. The van der Waals surface area contributed by atoms with Crippen LogP contribution >= 0.6 is 11.6 Å². The smallest absolute Gasteiger partial charge is 0.142 e. The summed E-state index contributed by atoms with van der Waals surface area (Å²) in [5.74, 6) is -1.09. The zero-order valence-corrected chi connectivity index (χ0v) is 11.6. The van der Waals surface area contributed by atoms with Crippen LogP contribution in [0.3, 0.4) is 0 Å². The van der Waals surface area contributed by atoms with Crippen molar-refractivity contribution in [3.63, 3.8) is 0 Å². The van der Waals surface area contributed by atoms with Crippen LogP contribution in [0.4, 0.5) is 8.78 Å². The molecule has 18 heavy (non-hydrogen) atoms. The van der Waals surface area contributed by atoms with Crippen molar-refractivity contribution in [1.29, 1.82) is 0 Å². The lowest BCUT2D eigenvalue weighted by Crippen LogP contribution is -2.22. The van der Waals surface area contributed by atoms with Gasteiger partial charge in [0.15, 0.2) is 0 Å². The van der Waals surface area contributed by atoms with Gasteiger partial charge in [0.1, 0.15) is 11.6 Å². The molecule has 0 radical (unpaired) electrons. The monoisotopic (exact) mass is 273 g/mol. The van der Waals surface area contributed by atoms with Crippen LogP contribution in [0.5, 0.6) is 0 Å². The van der Waals surface area contributed by atoms with E-state index in [1.165, 1.54) is 0 Å². The molecule has 0 saturated heterocycles. The fourth-order valence-corrected chi connectivity index (χ4v) is 1.82. The summed E-state index contributed by atoms with van der Waals surface area (Å²) in [6, 6.07) is 1.84. The molecule has 0 heterocycles. The Morgan fingerprint density at radius 3 is 2.56 bits per heavy atom. The molecule has 0 spiro atoms. The number of rotatable bonds is 5. The highest BCUT2D eigenvalue weighted by Gasteiger charge is 2.16. The van der Waals surface area contributed by atoms with Crippen LogP contribution in [0.25, 0.3) is 0 Å². The largest absolute Gasteiger partial charge is 0.307 e. The van der Waals surface area contributed by atoms with Gasteiger partial charge in [0.05, 0.1) is 11.1 Å². The number of allylic oxidation sites excluding steroid dienone is 1. The summed E-state index contributed by atoms with van der Waals surface area (Å²) in [6.45, 7) is 6.60. The van der Waals surface area contributed by atoms with E-state index in [0.29, 0.717) is 0 Å². The predicted octanol–water partition coefficient (Wildman–Crippen LogP) is 4.63. The quantitative estimate of drug-likeness (QED) is 0.609. The van der Waals surface area contributed by atoms with E-state index in [9.17, 15) is 8.78 Å². The highest BCUT2D eigenvalue weighted by Crippen LogP contribution is 2.25. The van der Waals surface area contributed by atoms with Crippen molar-refractivity contribution >= 4 is 11.6 Å². The molecule has 0 aliphatic carbocycles. The number of nitrogens with one attached hydrogen (secondary N) is 1. The SMILES string of the molecule is CCCNC(C=C(C)C)c1cc(F)c(Cl)cc1F. The topological polar surface area (TPSA) is 12.0 Å². The van der Waals surface area contributed by atoms with E-state index in [4.69, 9.17) is 11.6 Å². The van der Waals surface area contributed by atoms with E-state index >= 15 is 0 Å². The van der Waals surface area contributed by atoms with E-state index in [1.807, 2.05) is 26.8 Å². The molecule has 0 aromatic heterocycles. The first-order valence-electron chi connectivity index (χ1n) is 5.98. The summed E-state index contributed by atoms with van der Waals surface area (Å²) in [6.07, 6.45) is 2.80. The molecule has 0 aliphatic rings. The molecule has 100 valence electrons. The Balaban J connectivity index is 3.12. The van der Waals surface area contributed by atoms with Crippen molar-refractivity contribution in [3.05, 3.63) is 46.0 Å². The Morgan fingerprint density at radius 1 is 1.33 bits per heavy atom. The molecule has 1 rings (SSSR count). The van der Waals surface area contributed by atoms with Gasteiger partial charge >= 0.3 is 0 Å². The average molecular weight is 274 g/mol. The number of hydrogen-bond donors (Lipinski definition) is 1. The van der Waals surface area contributed by atoms with Crippen LogP contribution in [-0.4, -0.2) is 6.54 Å². The highest BCUT2D eigenvalue weighted by atomic mass is 35.5. The van der Waals surface area contributed by atoms with Crippen LogP contribution in [0.1, 0.15) is 38.8 Å². The molecule has 1 N–H and O–H groups in total. The highest BCUT2D eigenvalue weighted by molar-refractivity contribution is 6.30. The van der Waals surface area contributed by atoms with Crippen molar-refractivity contribution in [3.8, 4) is 0 Å². The Hall–Kier alpha value is -0.930. The Labute approximate surface area is 112 Å². The van der Waals surface area contributed by atoms with E-state index in [-0.39, 0.29) is 16.6 Å². The van der Waals surface area contributed by atoms with Crippen molar-refractivity contribution < 1.29 is 8.78 Å². The first kappa shape index (κ1) is 15.1. The second-order valence-electron chi connectivity index (χ2n) is 4.46. The van der Waals surface area contributed by atoms with E-state index in [2.05, 4.69) is 5.32 Å². The zero-order valence-electron chi connectivity index (χ0n) is 10.9. The van der Waals surface area contributed by atoms with E-state index < -0.39 is 11.6 Å². The van der Waals surface area contributed by atoms with Gasteiger partial charge in [0.25, 0.3) is 0 Å². The summed E-state index contributed by atoms with van der Waals surface area (Å²) >= 11 is 5.55. The zero-order chi connectivity index (χ0) is 13.7. The molecule has 0 amide bonds. The Kier molecular flexibility index (Phi) is 5.76. The molecular formula is C14H18ClF2N. The van der Waals surface area contributed by atoms with E-state index in [1.54, 1.807) is 0 Å². The summed E-state index contributed by atoms with van der Waals surface area (Å²) in [5, 5.41) is 2.99. The molecular weight excluding hydrogens is 256 g/mol. The van der Waals surface area contributed by atoms with Crippen molar-refractivity contribution in [2.45, 2.75) is 33.2 Å². The lowest BCUT2D eigenvalue weighted by Gasteiger charge is -2.17. The maximum Gasteiger partial charge on any atom is 0.142 e. The summed E-state index contributed by atoms with van der Waals surface area (Å²) in [4.78, 5) is 0. The molecule has 0 saturated carbocycles. The van der Waals surface area contributed by atoms with Gasteiger partial charge in [-0.15, -0.1) is 0 Å². The van der Waals surface area contributed by atoms with E-state index in [0.717, 1.165) is 30.7 Å². The maximum atomic E-state index is 13.8. The van der Waals surface area contributed by atoms with Crippen LogP contribution in [0.2, 0.25) is 5.02 Å². The normalized spacial score (nSPS) is 12.3. The molecule has 4 heteroatoms. The third-order valence-electron chi connectivity index (χ3n) is 2.49. The first-order valence-corrected chi connectivity index (χ1v) is 6.36. The van der Waals surface area contributed by atoms with Crippen LogP contribution in [0, 0.1) is 11.6 Å². The Morgan fingerprint density at radius 2 is 2.00 bits per heavy atom. The van der Waals surface area contributed by atoms with Gasteiger partial charge in [-0.1, -0.05) is 30.2 Å². The maximum absolute atomic E-state index is 13.8. The molecule has 0 aliphatic heterocycles. The summed E-state index contributed by atoms with van der Waals surface area (Å²) < 4.78 is 27.3. The van der Waals surface area contributed by atoms with Gasteiger partial charge < -0.3 is 5.32 Å². The number of hydrogen-bond acceptors (Lipinski definition) is 1. The number of halogens is 3. The Bertz CT molecular complexity index is 440. The van der Waals surface area contributed by atoms with Gasteiger partial charge in [-0.25, -0.2) is 8.78 Å². The summed E-state index contributed by atoms with van der Waals surface area (Å²) in [7, 11) is 0. The van der Waals surface area contributed by atoms with Gasteiger partial charge in [-0.2, -0.15) is 0 Å². The van der Waals surface area contributed by atoms with Gasteiger partial charge in [0, 0.05) is 5.56 Å². The standard InChI is InChI=1S/C14H18ClF2N/c1-4-5-18-14(6-9(2)3)10-7-13(17)11(15)8-12(10)16/h6-8,14,18H,4-5H2,1-3H3. The van der Waals surface area contributed by atoms with Crippen LogP contribution < -0.4 is 5.32 Å². The molecule has 1 aromatic carbocycles. The molecule has 0 bridgehead atoms. The molecule has 0 fully saturated rings. The second kappa shape index (κ2) is 6.86. The van der Waals surface area contributed by atoms with Crippen molar-refractivity contribution in [2.24, 2.45) is 0 Å². The minimum atomic E-state index is -0.599. The lowest BCUT2D eigenvalue weighted by atomic mass is 10.0. The average Bonchev–Trinajstić information content (AvgIpc) is 2.29. The third-order valence-corrected chi connectivity index (χ3v) is 2.78. The van der Waals surface area contributed by atoms with Crippen LogP contribution in [0.15, 0.2) is 23.8 Å². The van der Waals surface area contributed by atoms with Crippen molar-refractivity contribution in [2.75, 3.05) is 6.54 Å². The first-order chi connectivity index (χ1) is 8.45. The van der Waals surface area contributed by atoms with Crippen molar-refractivity contribution in [1.82, 2.24) is 5.32 Å². The molecule has 1 unspecified atom stereocenters. The molecule has 1 nitrogen and oxygen atoms in total. The third kappa shape index (κ3) is 4.07.